The summed E-state index contributed by atoms with van der Waals surface area (Å²) in [6.07, 6.45) is 5.17. The van der Waals surface area contributed by atoms with E-state index in [0.29, 0.717) is 13.2 Å². The molecule has 2 aliphatic rings. The molecule has 0 aromatic rings. The molecule has 0 radical (unpaired) electrons. The maximum atomic E-state index is 9.71. The van der Waals surface area contributed by atoms with Crippen LogP contribution in [0.4, 0.5) is 0 Å². The van der Waals surface area contributed by atoms with Crippen LogP contribution in [0.3, 0.4) is 0 Å². The van der Waals surface area contributed by atoms with Gasteiger partial charge in [-0.25, -0.2) is 0 Å². The summed E-state index contributed by atoms with van der Waals surface area (Å²) in [6, 6.07) is 0. The third-order valence-corrected chi connectivity index (χ3v) is 4.84. The summed E-state index contributed by atoms with van der Waals surface area (Å²) < 4.78 is 11.8. The molecular weight excluding hydrogens is 216 g/mol. The predicted octanol–water partition coefficient (Wildman–Crippen LogP) is 2.72. The second kappa shape index (κ2) is 4.52. The highest BCUT2D eigenvalue weighted by atomic mass is 16.7. The van der Waals surface area contributed by atoms with Crippen molar-refractivity contribution >= 4 is 0 Å². The molecule has 1 saturated heterocycles. The van der Waals surface area contributed by atoms with Crippen molar-refractivity contribution in [1.29, 1.82) is 0 Å². The first-order chi connectivity index (χ1) is 8.01. The van der Waals surface area contributed by atoms with Gasteiger partial charge in [-0.15, -0.1) is 0 Å². The molecule has 0 aromatic carbocycles. The van der Waals surface area contributed by atoms with E-state index in [0.717, 1.165) is 32.1 Å². The minimum absolute atomic E-state index is 0.0609. The van der Waals surface area contributed by atoms with Crippen LogP contribution in [0.1, 0.15) is 52.9 Å². The number of hydrogen-bond acceptors (Lipinski definition) is 3. The minimum Gasteiger partial charge on any atom is -0.396 e. The van der Waals surface area contributed by atoms with Crippen LogP contribution in [0, 0.1) is 10.8 Å². The zero-order valence-corrected chi connectivity index (χ0v) is 11.4. The van der Waals surface area contributed by atoms with Crippen LogP contribution in [0.15, 0.2) is 0 Å². The molecule has 1 heterocycles. The molecule has 3 heteroatoms. The van der Waals surface area contributed by atoms with Gasteiger partial charge in [0.2, 0.25) is 0 Å². The van der Waals surface area contributed by atoms with Crippen LogP contribution in [0.5, 0.6) is 0 Å². The van der Waals surface area contributed by atoms with E-state index in [-0.39, 0.29) is 17.4 Å². The lowest BCUT2D eigenvalue weighted by Crippen LogP contribution is -2.50. The summed E-state index contributed by atoms with van der Waals surface area (Å²) in [4.78, 5) is 0. The second-order valence-electron chi connectivity index (χ2n) is 6.31. The molecular formula is C14H26O3. The third kappa shape index (κ3) is 2.38. The molecule has 1 N–H and O–H groups in total. The molecule has 1 aliphatic heterocycles. The number of aliphatic hydroxyl groups is 1. The second-order valence-corrected chi connectivity index (χ2v) is 6.31. The van der Waals surface area contributed by atoms with Gasteiger partial charge in [-0.3, -0.25) is 0 Å². The van der Waals surface area contributed by atoms with E-state index in [1.807, 2.05) is 0 Å². The fourth-order valence-corrected chi connectivity index (χ4v) is 3.88. The smallest absolute Gasteiger partial charge is 0.169 e. The van der Waals surface area contributed by atoms with Crippen LogP contribution in [0.25, 0.3) is 0 Å². The zero-order valence-electron chi connectivity index (χ0n) is 11.4. The van der Waals surface area contributed by atoms with E-state index >= 15 is 0 Å². The summed E-state index contributed by atoms with van der Waals surface area (Å²) in [5, 5.41) is 9.71. The van der Waals surface area contributed by atoms with Crippen LogP contribution in [-0.4, -0.2) is 30.7 Å². The molecule has 2 rings (SSSR count). The van der Waals surface area contributed by atoms with Gasteiger partial charge in [0.15, 0.2) is 5.79 Å². The Morgan fingerprint density at radius 1 is 1.00 bits per heavy atom. The van der Waals surface area contributed by atoms with Crippen molar-refractivity contribution in [3.63, 3.8) is 0 Å². The fraction of sp³-hybridized carbons (Fsp3) is 1.00. The molecule has 1 aliphatic carbocycles. The van der Waals surface area contributed by atoms with Crippen molar-refractivity contribution in [2.45, 2.75) is 58.7 Å². The summed E-state index contributed by atoms with van der Waals surface area (Å²) in [7, 11) is 0. The average molecular weight is 242 g/mol. The first kappa shape index (κ1) is 13.3. The lowest BCUT2D eigenvalue weighted by molar-refractivity contribution is -0.234. The number of hydrogen-bond donors (Lipinski definition) is 1. The Morgan fingerprint density at radius 3 is 2.06 bits per heavy atom. The molecule has 1 atom stereocenters. The molecule has 1 spiro atoms. The van der Waals surface area contributed by atoms with Crippen molar-refractivity contribution in [3.05, 3.63) is 0 Å². The topological polar surface area (TPSA) is 38.7 Å². The molecule has 1 saturated carbocycles. The van der Waals surface area contributed by atoms with Gasteiger partial charge >= 0.3 is 0 Å². The molecule has 0 amide bonds. The number of rotatable bonds is 3. The zero-order chi connectivity index (χ0) is 12.6. The predicted molar refractivity (Wildman–Crippen MR) is 66.7 cm³/mol. The Bertz CT molecular complexity index is 259. The van der Waals surface area contributed by atoms with E-state index in [1.165, 1.54) is 0 Å². The van der Waals surface area contributed by atoms with E-state index in [1.54, 1.807) is 0 Å². The lowest BCUT2D eigenvalue weighted by Gasteiger charge is -2.52. The van der Waals surface area contributed by atoms with Crippen molar-refractivity contribution in [1.82, 2.24) is 0 Å². The Kier molecular flexibility index (Phi) is 3.54. The molecule has 17 heavy (non-hydrogen) atoms. The standard InChI is InChI=1S/C14H26O3/c1-4-13(5-2)8-12(3,11-15)9-14(10-13)16-6-7-17-14/h15H,4-11H2,1-3H3/t12-/m0/s1. The van der Waals surface area contributed by atoms with E-state index < -0.39 is 5.79 Å². The van der Waals surface area contributed by atoms with Crippen molar-refractivity contribution < 1.29 is 14.6 Å². The van der Waals surface area contributed by atoms with Crippen LogP contribution >= 0.6 is 0 Å². The molecule has 2 fully saturated rings. The van der Waals surface area contributed by atoms with Gasteiger partial charge in [-0.05, 0) is 17.3 Å². The summed E-state index contributed by atoms with van der Waals surface area (Å²) in [5.74, 6) is -0.415. The third-order valence-electron chi connectivity index (χ3n) is 4.84. The quantitative estimate of drug-likeness (QED) is 0.827. The summed E-state index contributed by atoms with van der Waals surface area (Å²) in [5.41, 5.74) is 0.203. The fourth-order valence-electron chi connectivity index (χ4n) is 3.88. The van der Waals surface area contributed by atoms with Gasteiger partial charge in [0, 0.05) is 19.4 Å². The first-order valence-electron chi connectivity index (χ1n) is 6.90. The Balaban J connectivity index is 2.27. The highest BCUT2D eigenvalue weighted by Gasteiger charge is 2.54. The number of aliphatic hydroxyl groups excluding tert-OH is 1. The highest BCUT2D eigenvalue weighted by Crippen LogP contribution is 2.56. The molecule has 100 valence electrons. The first-order valence-corrected chi connectivity index (χ1v) is 6.90. The summed E-state index contributed by atoms with van der Waals surface area (Å²) in [6.45, 7) is 8.28. The van der Waals surface area contributed by atoms with E-state index in [9.17, 15) is 5.11 Å². The van der Waals surface area contributed by atoms with E-state index in [4.69, 9.17) is 9.47 Å². The van der Waals surface area contributed by atoms with Crippen LogP contribution < -0.4 is 0 Å². The van der Waals surface area contributed by atoms with Crippen molar-refractivity contribution in [3.8, 4) is 0 Å². The van der Waals surface area contributed by atoms with Crippen molar-refractivity contribution in [2.24, 2.45) is 10.8 Å². The van der Waals surface area contributed by atoms with Gasteiger partial charge in [-0.1, -0.05) is 33.6 Å². The van der Waals surface area contributed by atoms with Gasteiger partial charge in [0.25, 0.3) is 0 Å². The van der Waals surface area contributed by atoms with Gasteiger partial charge in [0.1, 0.15) is 0 Å². The van der Waals surface area contributed by atoms with Gasteiger partial charge in [-0.2, -0.15) is 0 Å². The molecule has 0 bridgehead atoms. The minimum atomic E-state index is -0.415. The number of ether oxygens (including phenoxy) is 2. The van der Waals surface area contributed by atoms with Crippen LogP contribution in [0.2, 0.25) is 0 Å². The normalized spacial score (nSPS) is 35.3. The molecule has 0 aromatic heterocycles. The lowest BCUT2D eigenvalue weighted by atomic mass is 9.58. The SMILES string of the molecule is CCC1(CC)CC2(C[C@@](C)(CO)C1)OCCO2. The van der Waals surface area contributed by atoms with Crippen molar-refractivity contribution in [2.75, 3.05) is 19.8 Å². The monoisotopic (exact) mass is 242 g/mol. The largest absolute Gasteiger partial charge is 0.396 e. The maximum Gasteiger partial charge on any atom is 0.169 e. The highest BCUT2D eigenvalue weighted by molar-refractivity contribution is 4.99. The maximum absolute atomic E-state index is 9.71. The molecule has 3 nitrogen and oxygen atoms in total. The van der Waals surface area contributed by atoms with Gasteiger partial charge in [0.05, 0.1) is 13.2 Å². The van der Waals surface area contributed by atoms with Crippen LogP contribution in [-0.2, 0) is 9.47 Å². The van der Waals surface area contributed by atoms with E-state index in [2.05, 4.69) is 20.8 Å². The Morgan fingerprint density at radius 2 is 1.59 bits per heavy atom. The van der Waals surface area contributed by atoms with Gasteiger partial charge < -0.3 is 14.6 Å². The average Bonchev–Trinajstić information content (AvgIpc) is 2.75. The Hall–Kier alpha value is -0.120. The Labute approximate surface area is 104 Å². The molecule has 0 unspecified atom stereocenters. The summed E-state index contributed by atoms with van der Waals surface area (Å²) >= 11 is 0.